The van der Waals surface area contributed by atoms with Gasteiger partial charge in [0.05, 0.1) is 18.4 Å². The molecule has 1 aliphatic rings. The van der Waals surface area contributed by atoms with E-state index in [1.54, 1.807) is 6.26 Å². The summed E-state index contributed by atoms with van der Waals surface area (Å²) >= 11 is 0. The number of nitrogens with zero attached hydrogens (tertiary/aromatic N) is 1. The Morgan fingerprint density at radius 2 is 2.04 bits per heavy atom. The van der Waals surface area contributed by atoms with Crippen molar-refractivity contribution in [2.75, 3.05) is 19.7 Å². The van der Waals surface area contributed by atoms with Crippen LogP contribution in [0.2, 0.25) is 0 Å². The lowest BCUT2D eigenvalue weighted by Gasteiger charge is -2.24. The zero-order chi connectivity index (χ0) is 17.4. The van der Waals surface area contributed by atoms with E-state index >= 15 is 0 Å². The number of ether oxygens (including phenoxy) is 1. The lowest BCUT2D eigenvalue weighted by atomic mass is 10.0. The molecule has 2 aromatic rings. The van der Waals surface area contributed by atoms with Crippen molar-refractivity contribution in [3.63, 3.8) is 0 Å². The van der Waals surface area contributed by atoms with Crippen LogP contribution in [0.4, 0.5) is 0 Å². The van der Waals surface area contributed by atoms with E-state index in [0.29, 0.717) is 6.54 Å². The molecule has 5 nitrogen and oxygen atoms in total. The second-order valence-electron chi connectivity index (χ2n) is 6.66. The molecule has 25 heavy (non-hydrogen) atoms. The molecule has 0 amide bonds. The number of hydrogen-bond donors (Lipinski definition) is 2. The Bertz CT molecular complexity index is 647. The van der Waals surface area contributed by atoms with Crippen LogP contribution >= 0.6 is 0 Å². The molecule has 1 atom stereocenters. The summed E-state index contributed by atoms with van der Waals surface area (Å²) in [6.07, 6.45) is 4.74. The van der Waals surface area contributed by atoms with Gasteiger partial charge in [0.2, 0.25) is 0 Å². The van der Waals surface area contributed by atoms with Crippen molar-refractivity contribution in [2.24, 2.45) is 4.99 Å². The van der Waals surface area contributed by atoms with Gasteiger partial charge in [0.25, 0.3) is 0 Å². The number of guanidine groups is 1. The monoisotopic (exact) mass is 341 g/mol. The van der Waals surface area contributed by atoms with Gasteiger partial charge in [0.15, 0.2) is 5.96 Å². The Balaban J connectivity index is 1.55. The molecule has 1 aliphatic heterocycles. The molecule has 134 valence electrons. The van der Waals surface area contributed by atoms with Crippen molar-refractivity contribution >= 4 is 5.96 Å². The molecule has 3 rings (SSSR count). The van der Waals surface area contributed by atoms with E-state index < -0.39 is 0 Å². The quantitative estimate of drug-likeness (QED) is 0.600. The van der Waals surface area contributed by atoms with Crippen LogP contribution in [-0.2, 0) is 17.7 Å². The smallest absolute Gasteiger partial charge is 0.191 e. The molecule has 0 bridgehead atoms. The molecule has 5 heteroatoms. The Kier molecular flexibility index (Phi) is 6.12. The molecule has 1 fully saturated rings. The van der Waals surface area contributed by atoms with Gasteiger partial charge < -0.3 is 19.8 Å². The Morgan fingerprint density at radius 1 is 1.16 bits per heavy atom. The fourth-order valence-corrected chi connectivity index (χ4v) is 2.93. The van der Waals surface area contributed by atoms with Crippen LogP contribution in [0.5, 0.6) is 0 Å². The largest absolute Gasteiger partial charge is 0.469 e. The summed E-state index contributed by atoms with van der Waals surface area (Å²) in [6, 6.07) is 14.2. The molecule has 0 radical (unpaired) electrons. The normalized spacial score (nSPS) is 20.6. The summed E-state index contributed by atoms with van der Waals surface area (Å²) in [7, 11) is 0. The Labute approximate surface area is 149 Å². The van der Waals surface area contributed by atoms with Crippen LogP contribution in [-0.4, -0.2) is 31.3 Å². The molecule has 0 saturated carbocycles. The minimum Gasteiger partial charge on any atom is -0.469 e. The van der Waals surface area contributed by atoms with Crippen molar-refractivity contribution in [1.82, 2.24) is 10.6 Å². The lowest BCUT2D eigenvalue weighted by Crippen LogP contribution is -2.46. The summed E-state index contributed by atoms with van der Waals surface area (Å²) in [5.41, 5.74) is 1.09. The van der Waals surface area contributed by atoms with Crippen LogP contribution in [0, 0.1) is 0 Å². The summed E-state index contributed by atoms with van der Waals surface area (Å²) < 4.78 is 11.2. The molecule has 1 unspecified atom stereocenters. The predicted octanol–water partition coefficient (Wildman–Crippen LogP) is 3.13. The van der Waals surface area contributed by atoms with Gasteiger partial charge >= 0.3 is 0 Å². The predicted molar refractivity (Wildman–Crippen MR) is 99.6 cm³/mol. The van der Waals surface area contributed by atoms with Gasteiger partial charge in [-0.2, -0.15) is 0 Å². The third-order valence-electron chi connectivity index (χ3n) is 4.44. The van der Waals surface area contributed by atoms with Gasteiger partial charge in [-0.3, -0.25) is 0 Å². The summed E-state index contributed by atoms with van der Waals surface area (Å²) in [6.45, 7) is 5.18. The van der Waals surface area contributed by atoms with E-state index in [-0.39, 0.29) is 5.60 Å². The molecule has 1 saturated heterocycles. The molecule has 2 N–H and O–H groups in total. The highest BCUT2D eigenvalue weighted by atomic mass is 16.5. The van der Waals surface area contributed by atoms with Gasteiger partial charge in [-0.15, -0.1) is 0 Å². The highest BCUT2D eigenvalue weighted by Gasteiger charge is 2.29. The topological polar surface area (TPSA) is 58.8 Å². The van der Waals surface area contributed by atoms with Crippen LogP contribution in [0.15, 0.2) is 58.1 Å². The SMILES string of the molecule is CC1(CNC(=NCc2ccccc2)NCCc2ccco2)CCCO1. The van der Waals surface area contributed by atoms with Crippen molar-refractivity contribution < 1.29 is 9.15 Å². The molecular weight excluding hydrogens is 314 g/mol. The lowest BCUT2D eigenvalue weighted by molar-refractivity contribution is 0.0242. The van der Waals surface area contributed by atoms with E-state index in [2.05, 4.69) is 29.7 Å². The first kappa shape index (κ1) is 17.5. The number of benzene rings is 1. The first-order valence-corrected chi connectivity index (χ1v) is 8.96. The highest BCUT2D eigenvalue weighted by Crippen LogP contribution is 2.23. The second kappa shape index (κ2) is 8.72. The number of rotatable bonds is 7. The van der Waals surface area contributed by atoms with Crippen molar-refractivity contribution in [3.05, 3.63) is 60.1 Å². The van der Waals surface area contributed by atoms with E-state index in [0.717, 1.165) is 50.7 Å². The van der Waals surface area contributed by atoms with Crippen molar-refractivity contribution in [2.45, 2.75) is 38.3 Å². The van der Waals surface area contributed by atoms with Crippen molar-refractivity contribution in [1.29, 1.82) is 0 Å². The van der Waals surface area contributed by atoms with Gasteiger partial charge in [-0.1, -0.05) is 30.3 Å². The molecule has 0 spiro atoms. The molecule has 1 aromatic carbocycles. The van der Waals surface area contributed by atoms with Gasteiger partial charge in [-0.25, -0.2) is 4.99 Å². The summed E-state index contributed by atoms with van der Waals surface area (Å²) in [5.74, 6) is 1.79. The van der Waals surface area contributed by atoms with E-state index in [4.69, 9.17) is 14.1 Å². The number of hydrogen-bond acceptors (Lipinski definition) is 3. The minimum absolute atomic E-state index is 0.101. The second-order valence-corrected chi connectivity index (χ2v) is 6.66. The molecule has 0 aliphatic carbocycles. The maximum absolute atomic E-state index is 5.86. The first-order chi connectivity index (χ1) is 12.2. The third kappa shape index (κ3) is 5.64. The number of aliphatic imine (C=N–C) groups is 1. The fraction of sp³-hybridized carbons (Fsp3) is 0.450. The average molecular weight is 341 g/mol. The average Bonchev–Trinajstić information content (AvgIpc) is 3.30. The Hall–Kier alpha value is -2.27. The molecular formula is C20H27N3O2. The van der Waals surface area contributed by atoms with Gasteiger partial charge in [-0.05, 0) is 37.5 Å². The number of furan rings is 1. The highest BCUT2D eigenvalue weighted by molar-refractivity contribution is 5.79. The van der Waals surface area contributed by atoms with Crippen LogP contribution in [0.1, 0.15) is 31.1 Å². The third-order valence-corrected chi connectivity index (χ3v) is 4.44. The summed E-state index contributed by atoms with van der Waals surface area (Å²) in [5, 5.41) is 6.83. The van der Waals surface area contributed by atoms with Crippen molar-refractivity contribution in [3.8, 4) is 0 Å². The molecule has 2 heterocycles. The van der Waals surface area contributed by atoms with E-state index in [9.17, 15) is 0 Å². The first-order valence-electron chi connectivity index (χ1n) is 8.96. The van der Waals surface area contributed by atoms with E-state index in [1.165, 1.54) is 5.56 Å². The standard InChI is InChI=1S/C20H27N3O2/c1-20(11-6-14-25-20)16-23-19(21-12-10-18-9-5-13-24-18)22-15-17-7-3-2-4-8-17/h2-5,7-9,13H,6,10-12,14-16H2,1H3,(H2,21,22,23). The molecule has 1 aromatic heterocycles. The van der Waals surface area contributed by atoms with Gasteiger partial charge in [0.1, 0.15) is 5.76 Å². The van der Waals surface area contributed by atoms with E-state index in [1.807, 2.05) is 30.3 Å². The van der Waals surface area contributed by atoms with Crippen LogP contribution in [0.25, 0.3) is 0 Å². The maximum atomic E-state index is 5.86. The zero-order valence-electron chi connectivity index (χ0n) is 14.8. The van der Waals surface area contributed by atoms with Crippen LogP contribution in [0.3, 0.4) is 0 Å². The fourth-order valence-electron chi connectivity index (χ4n) is 2.93. The zero-order valence-corrected chi connectivity index (χ0v) is 14.8. The Morgan fingerprint density at radius 3 is 2.76 bits per heavy atom. The summed E-state index contributed by atoms with van der Waals surface area (Å²) in [4.78, 5) is 4.71. The van der Waals surface area contributed by atoms with Gasteiger partial charge in [0, 0.05) is 26.1 Å². The van der Waals surface area contributed by atoms with Crippen LogP contribution < -0.4 is 10.6 Å². The maximum Gasteiger partial charge on any atom is 0.191 e. The minimum atomic E-state index is -0.101. The number of nitrogens with one attached hydrogen (secondary N) is 2.